The van der Waals surface area contributed by atoms with Crippen LogP contribution in [0.3, 0.4) is 0 Å². The van der Waals surface area contributed by atoms with Gasteiger partial charge >= 0.3 is 0 Å². The Kier molecular flexibility index (Phi) is 6.48. The van der Waals surface area contributed by atoms with Crippen LogP contribution in [-0.2, 0) is 11.2 Å². The lowest BCUT2D eigenvalue weighted by Gasteiger charge is -2.12. The summed E-state index contributed by atoms with van der Waals surface area (Å²) in [6, 6.07) is 23.4. The lowest BCUT2D eigenvalue weighted by Crippen LogP contribution is -2.14. The number of benzene rings is 3. The monoisotopic (exact) mass is 429 g/mol. The van der Waals surface area contributed by atoms with E-state index in [2.05, 4.69) is 5.32 Å². The summed E-state index contributed by atoms with van der Waals surface area (Å²) < 4.78 is 5.50. The molecule has 4 rings (SSSR count). The van der Waals surface area contributed by atoms with E-state index in [9.17, 15) is 4.79 Å². The van der Waals surface area contributed by atoms with Crippen molar-refractivity contribution in [2.24, 2.45) is 0 Å². The highest BCUT2D eigenvalue weighted by Crippen LogP contribution is 2.27. The Morgan fingerprint density at radius 2 is 1.71 bits per heavy atom. The van der Waals surface area contributed by atoms with Crippen LogP contribution in [-0.4, -0.2) is 28.7 Å². The van der Waals surface area contributed by atoms with Crippen molar-refractivity contribution >= 4 is 34.4 Å². The summed E-state index contributed by atoms with van der Waals surface area (Å²) in [6.07, 6.45) is 0.573. The molecule has 0 aliphatic heterocycles. The molecule has 0 aliphatic rings. The smallest absolute Gasteiger partial charge is 0.234 e. The number of anilines is 1. The van der Waals surface area contributed by atoms with Crippen LogP contribution in [0.1, 0.15) is 16.8 Å². The van der Waals surface area contributed by atoms with Crippen molar-refractivity contribution in [3.05, 3.63) is 89.6 Å². The van der Waals surface area contributed by atoms with Gasteiger partial charge in [0.25, 0.3) is 0 Å². The van der Waals surface area contributed by atoms with E-state index in [1.807, 2.05) is 79.7 Å². The first-order valence-corrected chi connectivity index (χ1v) is 11.0. The molecule has 0 unspecified atom stereocenters. The van der Waals surface area contributed by atoms with E-state index in [0.29, 0.717) is 6.42 Å². The van der Waals surface area contributed by atoms with Crippen LogP contribution in [0.5, 0.6) is 5.75 Å². The summed E-state index contributed by atoms with van der Waals surface area (Å²) in [7, 11) is 1.66. The Balaban J connectivity index is 1.58. The SMILES string of the molecule is COc1ccccc1Cc1nc2ccccc2nc1SCC(=O)Nc1cccc(C)c1. The van der Waals surface area contributed by atoms with Gasteiger partial charge in [0.1, 0.15) is 10.8 Å². The Morgan fingerprint density at radius 3 is 2.48 bits per heavy atom. The number of thioether (sulfide) groups is 1. The maximum atomic E-state index is 12.5. The van der Waals surface area contributed by atoms with Gasteiger partial charge in [-0.25, -0.2) is 9.97 Å². The third-order valence-electron chi connectivity index (χ3n) is 4.80. The van der Waals surface area contributed by atoms with Crippen LogP contribution < -0.4 is 10.1 Å². The van der Waals surface area contributed by atoms with E-state index in [1.165, 1.54) is 11.8 Å². The highest BCUT2D eigenvalue weighted by Gasteiger charge is 2.14. The lowest BCUT2D eigenvalue weighted by atomic mass is 10.1. The molecule has 3 aromatic carbocycles. The number of aryl methyl sites for hydroxylation is 1. The molecule has 0 spiro atoms. The summed E-state index contributed by atoms with van der Waals surface area (Å²) in [4.78, 5) is 22.2. The van der Waals surface area contributed by atoms with Crippen LogP contribution in [0, 0.1) is 6.92 Å². The quantitative estimate of drug-likeness (QED) is 0.406. The van der Waals surface area contributed by atoms with Crippen molar-refractivity contribution in [1.29, 1.82) is 0 Å². The number of nitrogens with one attached hydrogen (secondary N) is 1. The molecular formula is C25H23N3O2S. The topological polar surface area (TPSA) is 64.1 Å². The second kappa shape index (κ2) is 9.62. The lowest BCUT2D eigenvalue weighted by molar-refractivity contribution is -0.113. The minimum absolute atomic E-state index is 0.0752. The largest absolute Gasteiger partial charge is 0.496 e. The molecule has 31 heavy (non-hydrogen) atoms. The molecule has 0 saturated carbocycles. The first kappa shape index (κ1) is 20.9. The number of methoxy groups -OCH3 is 1. The fourth-order valence-electron chi connectivity index (χ4n) is 3.33. The molecule has 0 fully saturated rings. The van der Waals surface area contributed by atoms with E-state index >= 15 is 0 Å². The molecule has 1 N–H and O–H groups in total. The van der Waals surface area contributed by atoms with Crippen molar-refractivity contribution in [2.75, 3.05) is 18.2 Å². The second-order valence-electron chi connectivity index (χ2n) is 7.16. The van der Waals surface area contributed by atoms with Crippen LogP contribution >= 0.6 is 11.8 Å². The zero-order valence-corrected chi connectivity index (χ0v) is 18.3. The summed E-state index contributed by atoms with van der Waals surface area (Å²) in [6.45, 7) is 2.00. The van der Waals surface area contributed by atoms with Gasteiger partial charge in [0.05, 0.1) is 29.6 Å². The van der Waals surface area contributed by atoms with Crippen LogP contribution in [0.2, 0.25) is 0 Å². The normalized spacial score (nSPS) is 10.8. The van der Waals surface area contributed by atoms with Gasteiger partial charge in [0, 0.05) is 17.7 Å². The van der Waals surface area contributed by atoms with E-state index < -0.39 is 0 Å². The van der Waals surface area contributed by atoms with Crippen molar-refractivity contribution in [3.63, 3.8) is 0 Å². The van der Waals surface area contributed by atoms with Gasteiger partial charge in [-0.3, -0.25) is 4.79 Å². The molecule has 1 aromatic heterocycles. The van der Waals surface area contributed by atoms with Crippen molar-refractivity contribution in [1.82, 2.24) is 9.97 Å². The third kappa shape index (κ3) is 5.22. The minimum Gasteiger partial charge on any atom is -0.496 e. The molecular weight excluding hydrogens is 406 g/mol. The molecule has 0 radical (unpaired) electrons. The highest BCUT2D eigenvalue weighted by atomic mass is 32.2. The third-order valence-corrected chi connectivity index (χ3v) is 5.81. The van der Waals surface area contributed by atoms with Crippen LogP contribution in [0.15, 0.2) is 77.8 Å². The number of fused-ring (bicyclic) bond motifs is 1. The molecule has 1 heterocycles. The Labute approximate surface area is 185 Å². The number of hydrogen-bond acceptors (Lipinski definition) is 5. The number of rotatable bonds is 7. The van der Waals surface area contributed by atoms with Gasteiger partial charge in [0.2, 0.25) is 5.91 Å². The standard InChI is InChI=1S/C25H23N3O2S/c1-17-8-7-10-19(14-17)26-24(29)16-31-25-22(15-18-9-3-6-13-23(18)30-2)27-20-11-4-5-12-21(20)28-25/h3-14H,15-16H2,1-2H3,(H,26,29). The number of para-hydroxylation sites is 3. The molecule has 1 amide bonds. The summed E-state index contributed by atoms with van der Waals surface area (Å²) in [5, 5.41) is 3.70. The molecule has 0 aliphatic carbocycles. The van der Waals surface area contributed by atoms with Crippen LogP contribution in [0.25, 0.3) is 11.0 Å². The second-order valence-corrected chi connectivity index (χ2v) is 8.12. The van der Waals surface area contributed by atoms with Gasteiger partial charge in [-0.15, -0.1) is 0 Å². The number of ether oxygens (including phenoxy) is 1. The van der Waals surface area contributed by atoms with Gasteiger partial charge < -0.3 is 10.1 Å². The molecule has 0 bridgehead atoms. The van der Waals surface area contributed by atoms with Crippen molar-refractivity contribution < 1.29 is 9.53 Å². The molecule has 156 valence electrons. The van der Waals surface area contributed by atoms with E-state index in [0.717, 1.165) is 44.3 Å². The summed E-state index contributed by atoms with van der Waals surface area (Å²) >= 11 is 1.40. The van der Waals surface area contributed by atoms with E-state index in [4.69, 9.17) is 14.7 Å². The maximum absolute atomic E-state index is 12.5. The average Bonchev–Trinajstić information content (AvgIpc) is 2.78. The fraction of sp³-hybridized carbons (Fsp3) is 0.160. The Bertz CT molecular complexity index is 1230. The number of amides is 1. The Morgan fingerprint density at radius 1 is 0.968 bits per heavy atom. The number of aromatic nitrogens is 2. The first-order chi connectivity index (χ1) is 15.1. The van der Waals surface area contributed by atoms with Gasteiger partial charge in [0.15, 0.2) is 0 Å². The van der Waals surface area contributed by atoms with Gasteiger partial charge in [-0.05, 0) is 42.8 Å². The summed E-state index contributed by atoms with van der Waals surface area (Å²) in [5.74, 6) is 0.985. The molecule has 4 aromatic rings. The predicted octanol–water partition coefficient (Wildman–Crippen LogP) is 5.27. The average molecular weight is 430 g/mol. The molecule has 6 heteroatoms. The number of nitrogens with zero attached hydrogens (tertiary/aromatic N) is 2. The fourth-order valence-corrected chi connectivity index (χ4v) is 4.12. The zero-order chi connectivity index (χ0) is 21.6. The molecule has 0 saturated heterocycles. The zero-order valence-electron chi connectivity index (χ0n) is 17.5. The number of carbonyl (C=O) groups is 1. The number of hydrogen-bond donors (Lipinski definition) is 1. The predicted molar refractivity (Wildman–Crippen MR) is 126 cm³/mol. The Hall–Kier alpha value is -3.38. The summed E-state index contributed by atoms with van der Waals surface area (Å²) in [5.41, 5.74) is 5.40. The van der Waals surface area contributed by atoms with E-state index in [1.54, 1.807) is 7.11 Å². The number of carbonyl (C=O) groups excluding carboxylic acids is 1. The van der Waals surface area contributed by atoms with Gasteiger partial charge in [-0.1, -0.05) is 54.2 Å². The van der Waals surface area contributed by atoms with Crippen LogP contribution in [0.4, 0.5) is 5.69 Å². The van der Waals surface area contributed by atoms with E-state index in [-0.39, 0.29) is 11.7 Å². The molecule has 5 nitrogen and oxygen atoms in total. The first-order valence-electron chi connectivity index (χ1n) is 9.99. The van der Waals surface area contributed by atoms with Crippen molar-refractivity contribution in [2.45, 2.75) is 18.4 Å². The maximum Gasteiger partial charge on any atom is 0.234 e. The van der Waals surface area contributed by atoms with Gasteiger partial charge in [-0.2, -0.15) is 0 Å². The highest BCUT2D eigenvalue weighted by molar-refractivity contribution is 8.00. The van der Waals surface area contributed by atoms with Crippen molar-refractivity contribution in [3.8, 4) is 5.75 Å². The minimum atomic E-state index is -0.0752. The molecule has 0 atom stereocenters.